The van der Waals surface area contributed by atoms with Gasteiger partial charge in [0.2, 0.25) is 0 Å². The molecule has 1 aliphatic heterocycles. The van der Waals surface area contributed by atoms with Gasteiger partial charge in [-0.3, -0.25) is 4.79 Å². The molecule has 0 atom stereocenters. The van der Waals surface area contributed by atoms with E-state index in [1.54, 1.807) is 36.4 Å². The van der Waals surface area contributed by atoms with Gasteiger partial charge in [-0.2, -0.15) is 0 Å². The summed E-state index contributed by atoms with van der Waals surface area (Å²) < 4.78 is 5.84. The van der Waals surface area contributed by atoms with Crippen LogP contribution in [-0.2, 0) is 4.79 Å². The molecule has 1 saturated heterocycles. The maximum Gasteiger partial charge on any atom is 0.264 e. The van der Waals surface area contributed by atoms with Gasteiger partial charge in [-0.05, 0) is 60.6 Å². The summed E-state index contributed by atoms with van der Waals surface area (Å²) in [5.41, 5.74) is 2.56. The van der Waals surface area contributed by atoms with Crippen LogP contribution in [0.1, 0.15) is 11.3 Å². The summed E-state index contributed by atoms with van der Waals surface area (Å²) in [7, 11) is 0. The molecule has 0 aliphatic carbocycles. The van der Waals surface area contributed by atoms with E-state index in [0.717, 1.165) is 11.3 Å². The number of thioether (sulfide) groups is 1. The fourth-order valence-corrected chi connectivity index (χ4v) is 3.87. The van der Waals surface area contributed by atoms with Crippen LogP contribution < -0.4 is 5.32 Å². The Morgan fingerprint density at radius 3 is 2.75 bits per heavy atom. The van der Waals surface area contributed by atoms with Crippen LogP contribution in [0.2, 0.25) is 10.0 Å². The third kappa shape index (κ3) is 4.02. The van der Waals surface area contributed by atoms with E-state index in [2.05, 4.69) is 10.3 Å². The Labute approximate surface area is 176 Å². The van der Waals surface area contributed by atoms with Crippen molar-refractivity contribution in [3.8, 4) is 11.3 Å². The number of hydrogen-bond acceptors (Lipinski definition) is 4. The summed E-state index contributed by atoms with van der Waals surface area (Å²) in [6, 6.07) is 16.5. The van der Waals surface area contributed by atoms with E-state index in [1.165, 1.54) is 11.8 Å². The van der Waals surface area contributed by atoms with E-state index >= 15 is 0 Å². The maximum atomic E-state index is 12.3. The minimum Gasteiger partial charge on any atom is -0.457 e. The summed E-state index contributed by atoms with van der Waals surface area (Å²) in [4.78, 5) is 17.3. The number of furan rings is 1. The van der Waals surface area contributed by atoms with E-state index in [1.807, 2.05) is 31.2 Å². The number of aryl methyl sites for hydroxylation is 1. The first-order chi connectivity index (χ1) is 13.5. The highest BCUT2D eigenvalue weighted by atomic mass is 35.5. The Balaban J connectivity index is 1.58. The molecule has 0 unspecified atom stereocenters. The molecule has 1 fully saturated rings. The predicted molar refractivity (Wildman–Crippen MR) is 116 cm³/mol. The summed E-state index contributed by atoms with van der Waals surface area (Å²) in [6.07, 6.45) is 1.68. The minimum atomic E-state index is -0.212. The maximum absolute atomic E-state index is 12.3. The van der Waals surface area contributed by atoms with Crippen molar-refractivity contribution in [2.45, 2.75) is 6.92 Å². The summed E-state index contributed by atoms with van der Waals surface area (Å²) in [5, 5.41) is 4.43. The van der Waals surface area contributed by atoms with E-state index < -0.39 is 0 Å². The zero-order valence-corrected chi connectivity index (χ0v) is 17.0. The molecule has 2 heterocycles. The highest BCUT2D eigenvalue weighted by molar-refractivity contribution is 8.18. The van der Waals surface area contributed by atoms with E-state index in [9.17, 15) is 4.79 Å². The number of rotatable bonds is 3. The van der Waals surface area contributed by atoms with Gasteiger partial charge in [0, 0.05) is 16.7 Å². The number of hydrogen-bond donors (Lipinski definition) is 1. The monoisotopic (exact) mass is 428 g/mol. The molecule has 0 bridgehead atoms. The van der Waals surface area contributed by atoms with Crippen molar-refractivity contribution in [1.29, 1.82) is 0 Å². The third-order valence-corrected chi connectivity index (χ3v) is 5.56. The number of carbonyl (C=O) groups is 1. The average Bonchev–Trinajstić information content (AvgIpc) is 3.26. The molecule has 1 aromatic heterocycles. The number of halogens is 2. The van der Waals surface area contributed by atoms with Crippen LogP contribution in [0.25, 0.3) is 17.4 Å². The van der Waals surface area contributed by atoms with Gasteiger partial charge >= 0.3 is 0 Å². The largest absolute Gasteiger partial charge is 0.457 e. The molecule has 140 valence electrons. The van der Waals surface area contributed by atoms with E-state index in [4.69, 9.17) is 27.6 Å². The highest BCUT2D eigenvalue weighted by Crippen LogP contribution is 2.34. The zero-order chi connectivity index (χ0) is 19.7. The lowest BCUT2D eigenvalue weighted by molar-refractivity contribution is -0.115. The van der Waals surface area contributed by atoms with Gasteiger partial charge in [0.1, 0.15) is 11.5 Å². The van der Waals surface area contributed by atoms with Crippen molar-refractivity contribution in [2.75, 3.05) is 0 Å². The van der Waals surface area contributed by atoms with Crippen LogP contribution >= 0.6 is 35.0 Å². The molecule has 28 heavy (non-hydrogen) atoms. The second-order valence-corrected chi connectivity index (χ2v) is 7.97. The first-order valence-corrected chi connectivity index (χ1v) is 9.97. The fourth-order valence-electron chi connectivity index (χ4n) is 2.67. The van der Waals surface area contributed by atoms with Crippen molar-refractivity contribution in [2.24, 2.45) is 4.99 Å². The van der Waals surface area contributed by atoms with Crippen LogP contribution in [-0.4, -0.2) is 11.1 Å². The van der Waals surface area contributed by atoms with E-state index in [0.29, 0.717) is 37.2 Å². The Morgan fingerprint density at radius 2 is 1.93 bits per heavy atom. The number of para-hydroxylation sites is 1. The minimum absolute atomic E-state index is 0.212. The topological polar surface area (TPSA) is 54.6 Å². The smallest absolute Gasteiger partial charge is 0.264 e. The van der Waals surface area contributed by atoms with Crippen molar-refractivity contribution in [1.82, 2.24) is 5.32 Å². The first-order valence-electron chi connectivity index (χ1n) is 8.40. The standard InChI is InChI=1S/C21H14Cl2N2O2S/c1-12-4-2-3-5-17(12)24-21-25-20(26)19(28-21)11-14-7-9-18(27-14)15-10-13(22)6-8-16(15)23/h2-11H,1H3,(H,24,25,26). The lowest BCUT2D eigenvalue weighted by Crippen LogP contribution is -2.19. The second kappa shape index (κ2) is 7.87. The van der Waals surface area contributed by atoms with Crippen molar-refractivity contribution in [3.63, 3.8) is 0 Å². The quantitative estimate of drug-likeness (QED) is 0.487. The highest BCUT2D eigenvalue weighted by Gasteiger charge is 2.24. The number of carbonyl (C=O) groups excluding carboxylic acids is 1. The third-order valence-electron chi connectivity index (χ3n) is 4.08. The van der Waals surface area contributed by atoms with Crippen LogP contribution in [0.15, 0.2) is 68.9 Å². The molecule has 2 aromatic carbocycles. The fraction of sp³-hybridized carbons (Fsp3) is 0.0476. The second-order valence-electron chi connectivity index (χ2n) is 6.09. The van der Waals surface area contributed by atoms with Crippen molar-refractivity contribution in [3.05, 3.63) is 80.9 Å². The molecule has 4 rings (SSSR count). The normalized spacial score (nSPS) is 16.8. The number of amides is 1. The molecule has 0 radical (unpaired) electrons. The lowest BCUT2D eigenvalue weighted by atomic mass is 10.2. The molecule has 0 saturated carbocycles. The van der Waals surface area contributed by atoms with Gasteiger partial charge in [-0.25, -0.2) is 4.99 Å². The zero-order valence-electron chi connectivity index (χ0n) is 14.7. The first kappa shape index (κ1) is 18.9. The summed E-state index contributed by atoms with van der Waals surface area (Å²) in [6.45, 7) is 1.98. The van der Waals surface area contributed by atoms with Gasteiger partial charge in [0.25, 0.3) is 5.91 Å². The van der Waals surface area contributed by atoms with Crippen LogP contribution in [0, 0.1) is 6.92 Å². The van der Waals surface area contributed by atoms with E-state index in [-0.39, 0.29) is 5.91 Å². The van der Waals surface area contributed by atoms with Gasteiger partial charge in [0.15, 0.2) is 5.17 Å². The van der Waals surface area contributed by atoms with Gasteiger partial charge in [-0.15, -0.1) is 0 Å². The van der Waals surface area contributed by atoms with Crippen molar-refractivity contribution < 1.29 is 9.21 Å². The number of aliphatic imine (C=N–C) groups is 1. The number of benzene rings is 2. The molecule has 1 amide bonds. The molecular formula is C21H14Cl2N2O2S. The number of amidine groups is 1. The van der Waals surface area contributed by atoms with Gasteiger partial charge in [0.05, 0.1) is 15.6 Å². The molecule has 1 N–H and O–H groups in total. The molecule has 4 nitrogen and oxygen atoms in total. The average molecular weight is 429 g/mol. The number of nitrogens with zero attached hydrogens (tertiary/aromatic N) is 1. The Kier molecular flexibility index (Phi) is 5.31. The SMILES string of the molecule is Cc1ccccc1N=C1NC(=O)C(=Cc2ccc(-c3cc(Cl)ccc3Cl)o2)S1. The molecule has 1 aliphatic rings. The van der Waals surface area contributed by atoms with Gasteiger partial charge < -0.3 is 9.73 Å². The number of nitrogens with one attached hydrogen (secondary N) is 1. The summed E-state index contributed by atoms with van der Waals surface area (Å²) in [5.74, 6) is 0.911. The lowest BCUT2D eigenvalue weighted by Gasteiger charge is -2.01. The Morgan fingerprint density at radius 1 is 1.11 bits per heavy atom. The van der Waals surface area contributed by atoms with Crippen LogP contribution in [0.3, 0.4) is 0 Å². The summed E-state index contributed by atoms with van der Waals surface area (Å²) >= 11 is 13.5. The molecule has 0 spiro atoms. The Hall–Kier alpha value is -2.47. The van der Waals surface area contributed by atoms with Crippen molar-refractivity contribution >= 4 is 57.8 Å². The Bertz CT molecular complexity index is 1130. The predicted octanol–water partition coefficient (Wildman–Crippen LogP) is 6.45. The molecule has 7 heteroatoms. The van der Waals surface area contributed by atoms with Crippen LogP contribution in [0.4, 0.5) is 5.69 Å². The van der Waals surface area contributed by atoms with Gasteiger partial charge in [-0.1, -0.05) is 41.4 Å². The van der Waals surface area contributed by atoms with Crippen LogP contribution in [0.5, 0.6) is 0 Å². The molecule has 3 aromatic rings. The molecular weight excluding hydrogens is 415 g/mol.